The van der Waals surface area contributed by atoms with Gasteiger partial charge in [0.1, 0.15) is 0 Å². The normalized spacial score (nSPS) is 19.6. The average Bonchev–Trinajstić information content (AvgIpc) is 3.04. The molecule has 0 saturated carbocycles. The quantitative estimate of drug-likeness (QED) is 0.870. The third kappa shape index (κ3) is 1.76. The summed E-state index contributed by atoms with van der Waals surface area (Å²) in [6.45, 7) is 1.38. The van der Waals surface area contributed by atoms with Crippen LogP contribution in [-0.4, -0.2) is 47.3 Å². The van der Waals surface area contributed by atoms with Crippen molar-refractivity contribution in [2.24, 2.45) is 0 Å². The lowest BCUT2D eigenvalue weighted by molar-refractivity contribution is 0.0720. The molecule has 1 fully saturated rings. The van der Waals surface area contributed by atoms with Crippen molar-refractivity contribution in [1.29, 1.82) is 0 Å². The van der Waals surface area contributed by atoms with E-state index in [1.807, 2.05) is 24.3 Å². The fraction of sp³-hybridized carbons (Fsp3) is 0.385. The number of ether oxygens (including phenoxy) is 1. The van der Waals surface area contributed by atoms with Crippen LogP contribution >= 0.6 is 0 Å². The van der Waals surface area contributed by atoms with Gasteiger partial charge in [0.2, 0.25) is 0 Å². The Morgan fingerprint density at radius 2 is 2.33 bits per heavy atom. The standard InChI is InChI=1S/C13H15N3O2/c1-18-9-6-7-16(8-9)13(17)12-10-4-2-3-5-11(10)14-15-12/h2-5,9H,6-8H2,1H3,(H,14,15). The van der Waals surface area contributed by atoms with Crippen LogP contribution in [0, 0.1) is 0 Å². The van der Waals surface area contributed by atoms with Crippen LogP contribution < -0.4 is 0 Å². The molecule has 1 aromatic heterocycles. The molecule has 0 radical (unpaired) electrons. The Balaban J connectivity index is 1.89. The Bertz CT molecular complexity index is 578. The van der Waals surface area contributed by atoms with Crippen LogP contribution in [0.2, 0.25) is 0 Å². The van der Waals surface area contributed by atoms with Gasteiger partial charge in [0, 0.05) is 25.6 Å². The van der Waals surface area contributed by atoms with E-state index >= 15 is 0 Å². The van der Waals surface area contributed by atoms with E-state index in [-0.39, 0.29) is 12.0 Å². The highest BCUT2D eigenvalue weighted by Gasteiger charge is 2.28. The molecule has 0 bridgehead atoms. The number of hydrogen-bond donors (Lipinski definition) is 1. The van der Waals surface area contributed by atoms with Gasteiger partial charge in [-0.1, -0.05) is 18.2 Å². The van der Waals surface area contributed by atoms with Gasteiger partial charge < -0.3 is 9.64 Å². The van der Waals surface area contributed by atoms with Crippen molar-refractivity contribution in [2.75, 3.05) is 20.2 Å². The predicted molar refractivity (Wildman–Crippen MR) is 67.4 cm³/mol. The fourth-order valence-electron chi connectivity index (χ4n) is 2.38. The van der Waals surface area contributed by atoms with E-state index in [2.05, 4.69) is 10.2 Å². The van der Waals surface area contributed by atoms with Crippen LogP contribution in [0.1, 0.15) is 16.9 Å². The molecule has 3 rings (SSSR count). The van der Waals surface area contributed by atoms with Gasteiger partial charge >= 0.3 is 0 Å². The minimum Gasteiger partial charge on any atom is -0.380 e. The number of hydrogen-bond acceptors (Lipinski definition) is 3. The molecule has 2 heterocycles. The summed E-state index contributed by atoms with van der Waals surface area (Å²) >= 11 is 0. The highest BCUT2D eigenvalue weighted by atomic mass is 16.5. The second-order valence-electron chi connectivity index (χ2n) is 4.52. The van der Waals surface area contributed by atoms with E-state index in [9.17, 15) is 4.79 Å². The van der Waals surface area contributed by atoms with E-state index in [0.29, 0.717) is 12.2 Å². The van der Waals surface area contributed by atoms with Crippen LogP contribution in [0.25, 0.3) is 10.9 Å². The lowest BCUT2D eigenvalue weighted by Crippen LogP contribution is -2.30. The van der Waals surface area contributed by atoms with Crippen molar-refractivity contribution in [3.05, 3.63) is 30.0 Å². The molecule has 1 N–H and O–H groups in total. The van der Waals surface area contributed by atoms with E-state index < -0.39 is 0 Å². The topological polar surface area (TPSA) is 58.2 Å². The molecule has 94 valence electrons. The Kier molecular flexibility index (Phi) is 2.76. The maximum Gasteiger partial charge on any atom is 0.275 e. The van der Waals surface area contributed by atoms with E-state index in [0.717, 1.165) is 23.9 Å². The smallest absolute Gasteiger partial charge is 0.275 e. The summed E-state index contributed by atoms with van der Waals surface area (Å²) < 4.78 is 5.27. The molecule has 1 aliphatic rings. The molecule has 1 unspecified atom stereocenters. The Morgan fingerprint density at radius 3 is 3.11 bits per heavy atom. The summed E-state index contributed by atoms with van der Waals surface area (Å²) in [7, 11) is 1.68. The van der Waals surface area contributed by atoms with Crippen molar-refractivity contribution in [1.82, 2.24) is 15.1 Å². The minimum atomic E-state index is -0.0213. The largest absolute Gasteiger partial charge is 0.380 e. The van der Waals surface area contributed by atoms with E-state index in [4.69, 9.17) is 4.74 Å². The molecule has 5 nitrogen and oxygen atoms in total. The minimum absolute atomic E-state index is 0.0213. The zero-order valence-electron chi connectivity index (χ0n) is 10.2. The summed E-state index contributed by atoms with van der Waals surface area (Å²) in [4.78, 5) is 14.2. The number of H-pyrrole nitrogens is 1. The third-order valence-corrected chi connectivity index (χ3v) is 3.44. The van der Waals surface area contributed by atoms with Gasteiger partial charge in [-0.25, -0.2) is 0 Å². The number of aromatic nitrogens is 2. The summed E-state index contributed by atoms with van der Waals surface area (Å²) in [5, 5.41) is 7.90. The summed E-state index contributed by atoms with van der Waals surface area (Å²) in [5.41, 5.74) is 1.39. The number of rotatable bonds is 2. The molecule has 0 aliphatic carbocycles. The molecule has 1 atom stereocenters. The van der Waals surface area contributed by atoms with Gasteiger partial charge in [0.05, 0.1) is 11.6 Å². The van der Waals surface area contributed by atoms with Gasteiger partial charge in [-0.15, -0.1) is 0 Å². The highest BCUT2D eigenvalue weighted by molar-refractivity contribution is 6.04. The molecule has 5 heteroatoms. The zero-order chi connectivity index (χ0) is 12.5. The lowest BCUT2D eigenvalue weighted by atomic mass is 10.2. The fourth-order valence-corrected chi connectivity index (χ4v) is 2.38. The van der Waals surface area contributed by atoms with Crippen molar-refractivity contribution < 1.29 is 9.53 Å². The average molecular weight is 245 g/mol. The van der Waals surface area contributed by atoms with Crippen LogP contribution in [0.15, 0.2) is 24.3 Å². The summed E-state index contributed by atoms with van der Waals surface area (Å²) in [5.74, 6) is -0.0213. The zero-order valence-corrected chi connectivity index (χ0v) is 10.2. The third-order valence-electron chi connectivity index (χ3n) is 3.44. The van der Waals surface area contributed by atoms with Crippen LogP contribution in [0.5, 0.6) is 0 Å². The molecule has 2 aromatic rings. The molecule has 1 saturated heterocycles. The Morgan fingerprint density at radius 1 is 1.50 bits per heavy atom. The molecule has 1 aromatic carbocycles. The van der Waals surface area contributed by atoms with E-state index in [1.165, 1.54) is 0 Å². The van der Waals surface area contributed by atoms with Crippen LogP contribution in [-0.2, 0) is 4.74 Å². The number of fused-ring (bicyclic) bond motifs is 1. The first kappa shape index (κ1) is 11.2. The first-order valence-electron chi connectivity index (χ1n) is 6.05. The van der Waals surface area contributed by atoms with Crippen molar-refractivity contribution >= 4 is 16.8 Å². The lowest BCUT2D eigenvalue weighted by Gasteiger charge is -2.14. The second kappa shape index (κ2) is 4.42. The Hall–Kier alpha value is -1.88. The highest BCUT2D eigenvalue weighted by Crippen LogP contribution is 2.20. The van der Waals surface area contributed by atoms with Gasteiger partial charge in [0.15, 0.2) is 5.69 Å². The number of nitrogens with zero attached hydrogens (tertiary/aromatic N) is 2. The number of methoxy groups -OCH3 is 1. The first-order chi connectivity index (χ1) is 8.79. The Labute approximate surface area is 105 Å². The van der Waals surface area contributed by atoms with Crippen LogP contribution in [0.4, 0.5) is 0 Å². The SMILES string of the molecule is COC1CCN(C(=O)c2n[nH]c3ccccc23)C1. The van der Waals surface area contributed by atoms with E-state index in [1.54, 1.807) is 12.0 Å². The van der Waals surface area contributed by atoms with Crippen molar-refractivity contribution in [3.63, 3.8) is 0 Å². The van der Waals surface area contributed by atoms with Gasteiger partial charge in [-0.3, -0.25) is 9.89 Å². The van der Waals surface area contributed by atoms with Gasteiger partial charge in [-0.2, -0.15) is 5.10 Å². The summed E-state index contributed by atoms with van der Waals surface area (Å²) in [6.07, 6.45) is 1.05. The number of carbonyl (C=O) groups is 1. The maximum atomic E-state index is 12.4. The number of nitrogens with one attached hydrogen (secondary N) is 1. The van der Waals surface area contributed by atoms with Crippen molar-refractivity contribution in [3.8, 4) is 0 Å². The summed E-state index contributed by atoms with van der Waals surface area (Å²) in [6, 6.07) is 7.67. The monoisotopic (exact) mass is 245 g/mol. The van der Waals surface area contributed by atoms with Crippen molar-refractivity contribution in [2.45, 2.75) is 12.5 Å². The molecular formula is C13H15N3O2. The molecule has 1 aliphatic heterocycles. The van der Waals surface area contributed by atoms with Gasteiger partial charge in [-0.05, 0) is 12.5 Å². The maximum absolute atomic E-state index is 12.4. The van der Waals surface area contributed by atoms with Gasteiger partial charge in [0.25, 0.3) is 5.91 Å². The second-order valence-corrected chi connectivity index (χ2v) is 4.52. The number of aromatic amines is 1. The van der Waals surface area contributed by atoms with Crippen LogP contribution in [0.3, 0.4) is 0 Å². The number of carbonyl (C=O) groups excluding carboxylic acids is 1. The number of para-hydroxylation sites is 1. The molecule has 1 amide bonds. The number of amides is 1. The molecule has 18 heavy (non-hydrogen) atoms. The number of benzene rings is 1. The number of likely N-dealkylation sites (tertiary alicyclic amines) is 1. The molecular weight excluding hydrogens is 230 g/mol. The first-order valence-corrected chi connectivity index (χ1v) is 6.05. The molecule has 0 spiro atoms. The predicted octanol–water partition coefficient (Wildman–Crippen LogP) is 1.42.